The van der Waals surface area contributed by atoms with Crippen molar-refractivity contribution in [3.8, 4) is 0 Å². The summed E-state index contributed by atoms with van der Waals surface area (Å²) in [7, 11) is -4.46. The largest absolute Gasteiger partial charge is 1.00 e. The fourth-order valence-electron chi connectivity index (χ4n) is 0.377. The molecule has 1 aromatic heterocycles. The van der Waals surface area contributed by atoms with E-state index in [-0.39, 0.29) is 51.4 Å². The number of hydrogen-bond acceptors (Lipinski definition) is 5. The second kappa shape index (κ2) is 4.50. The van der Waals surface area contributed by atoms with Crippen LogP contribution in [0, 0.1) is 0 Å². The van der Waals surface area contributed by atoms with Crippen molar-refractivity contribution in [1.82, 2.24) is 14.9 Å². The fraction of sp³-hybridized carbons (Fsp3) is 0. The van der Waals surface area contributed by atoms with Gasteiger partial charge in [0, 0.05) is 0 Å². The van der Waals surface area contributed by atoms with Crippen LogP contribution in [0.3, 0.4) is 0 Å². The Balaban J connectivity index is 0.000001000. The Morgan fingerprint density at radius 1 is 1.36 bits per heavy atom. The van der Waals surface area contributed by atoms with Crippen LogP contribution in [0.4, 0.5) is 0 Å². The smallest absolute Gasteiger partial charge is 0.730 e. The van der Waals surface area contributed by atoms with Crippen molar-refractivity contribution in [2.24, 2.45) is 0 Å². The minimum absolute atomic E-state index is 0. The van der Waals surface area contributed by atoms with Gasteiger partial charge in [-0.25, -0.2) is 17.9 Å². The van der Waals surface area contributed by atoms with Gasteiger partial charge in [0.05, 0.1) is 0 Å². The minimum atomic E-state index is -4.46. The van der Waals surface area contributed by atoms with E-state index in [9.17, 15) is 13.0 Å². The molecular weight excluding hydrogens is 199 g/mol. The van der Waals surface area contributed by atoms with E-state index in [2.05, 4.69) is 10.2 Å². The first kappa shape index (κ1) is 11.5. The molecule has 0 saturated carbocycles. The summed E-state index contributed by atoms with van der Waals surface area (Å²) in [6.07, 6.45) is 2.10. The molecule has 7 nitrogen and oxygen atoms in total. The first-order valence-electron chi connectivity index (χ1n) is 2.16. The maximum Gasteiger partial charge on any atom is 1.00 e. The molecule has 11 heavy (non-hydrogen) atoms. The zero-order valence-corrected chi connectivity index (χ0v) is 9.57. The third-order valence-electron chi connectivity index (χ3n) is 0.636. The van der Waals surface area contributed by atoms with Gasteiger partial charge in [-0.1, -0.05) is 0 Å². The third-order valence-corrected chi connectivity index (χ3v) is 1.07. The van der Waals surface area contributed by atoms with Crippen LogP contribution in [-0.4, -0.2) is 27.8 Å². The van der Waals surface area contributed by atoms with Gasteiger partial charge < -0.3 is 4.55 Å². The van der Waals surface area contributed by atoms with Crippen LogP contribution in [0.15, 0.2) is 12.7 Å². The molecule has 0 bridgehead atoms. The average molecular weight is 202 g/mol. The Morgan fingerprint density at radius 3 is 2.18 bits per heavy atom. The van der Waals surface area contributed by atoms with Gasteiger partial charge in [-0.2, -0.15) is 0 Å². The monoisotopic (exact) mass is 202 g/mol. The van der Waals surface area contributed by atoms with Gasteiger partial charge >= 0.3 is 51.4 Å². The molecule has 1 aromatic rings. The molecule has 0 amide bonds. The molecule has 0 aliphatic carbocycles. The molecule has 0 aliphatic rings. The molecule has 0 spiro atoms. The van der Waals surface area contributed by atoms with Crippen LogP contribution >= 0.6 is 0 Å². The summed E-state index contributed by atoms with van der Waals surface area (Å²) >= 11 is 0. The Hall–Kier alpha value is 0.486. The van der Waals surface area contributed by atoms with E-state index in [0.717, 1.165) is 17.3 Å². The predicted molar refractivity (Wildman–Crippen MR) is 29.1 cm³/mol. The van der Waals surface area contributed by atoms with E-state index in [1.165, 1.54) is 0 Å². The number of nitrogens with one attached hydrogen (secondary N) is 1. The number of rotatable bonds is 2. The minimum Gasteiger partial charge on any atom is -0.730 e. The molecule has 0 aliphatic heterocycles. The maximum atomic E-state index is 9.96. The second-order valence-corrected chi connectivity index (χ2v) is 2.51. The zero-order valence-electron chi connectivity index (χ0n) is 5.63. The molecule has 0 aromatic carbocycles. The fourth-order valence-corrected chi connectivity index (χ4v) is 0.729. The maximum absolute atomic E-state index is 9.96. The molecule has 0 radical (unpaired) electrons. The predicted octanol–water partition coefficient (Wildman–Crippen LogP) is -4.71. The van der Waals surface area contributed by atoms with Crippen LogP contribution < -0.4 is 56.2 Å². The average Bonchev–Trinajstić information content (AvgIpc) is 2.12. The molecule has 1 N–H and O–H groups in total. The van der Waals surface area contributed by atoms with Crippen molar-refractivity contribution in [3.05, 3.63) is 12.7 Å². The summed E-state index contributed by atoms with van der Waals surface area (Å²) in [6.45, 7) is 0. The molecule has 1 heterocycles. The number of nitrogens with zero attached hydrogens (tertiary/aromatic N) is 3. The Bertz CT molecular complexity index is 293. The van der Waals surface area contributed by atoms with E-state index >= 15 is 0 Å². The van der Waals surface area contributed by atoms with Gasteiger partial charge in [0.1, 0.15) is 12.7 Å². The molecule has 0 saturated heterocycles. The standard InChI is InChI=1S/C2H4N4O3S.K/c7-10(8,9)5-6-1-3-4-2-6;/h1-2,5H,(H,7,8,9);/q;+1/p-1. The molecule has 56 valence electrons. The SMILES string of the molecule is O=S(=O)([O-])Nn1cnnc1.[K+]. The van der Waals surface area contributed by atoms with Crippen LogP contribution in [0.1, 0.15) is 0 Å². The third kappa shape index (κ3) is 4.84. The zero-order chi connectivity index (χ0) is 7.61. The molecule has 0 fully saturated rings. The van der Waals surface area contributed by atoms with Crippen molar-refractivity contribution < 1.29 is 64.4 Å². The number of aromatic nitrogens is 3. The summed E-state index contributed by atoms with van der Waals surface area (Å²) in [6, 6.07) is 0. The van der Waals surface area contributed by atoms with Crippen molar-refractivity contribution >= 4 is 10.3 Å². The Morgan fingerprint density at radius 2 is 1.82 bits per heavy atom. The van der Waals surface area contributed by atoms with Gasteiger partial charge in [-0.05, 0) is 0 Å². The summed E-state index contributed by atoms with van der Waals surface area (Å²) < 4.78 is 30.7. The Labute approximate surface area is 105 Å². The van der Waals surface area contributed by atoms with Crippen LogP contribution in [-0.2, 0) is 10.3 Å². The van der Waals surface area contributed by atoms with Gasteiger partial charge in [-0.15, -0.1) is 10.2 Å². The van der Waals surface area contributed by atoms with Gasteiger partial charge in [-0.3, -0.25) is 0 Å². The second-order valence-electron chi connectivity index (χ2n) is 1.41. The molecule has 1 rings (SSSR count). The quantitative estimate of drug-likeness (QED) is 0.383. The summed E-state index contributed by atoms with van der Waals surface area (Å²) in [5.41, 5.74) is 0. The summed E-state index contributed by atoms with van der Waals surface area (Å²) in [5.74, 6) is 0. The van der Waals surface area contributed by atoms with Crippen LogP contribution in [0.2, 0.25) is 0 Å². The molecular formula is C2H3KN4O3S. The van der Waals surface area contributed by atoms with Crippen molar-refractivity contribution in [3.63, 3.8) is 0 Å². The molecule has 9 heteroatoms. The van der Waals surface area contributed by atoms with Gasteiger partial charge in [0.25, 0.3) is 0 Å². The van der Waals surface area contributed by atoms with Gasteiger partial charge in [0.2, 0.25) is 0 Å². The van der Waals surface area contributed by atoms with Crippen molar-refractivity contribution in [2.75, 3.05) is 4.83 Å². The Kier molecular flexibility index (Phi) is 4.70. The van der Waals surface area contributed by atoms with Gasteiger partial charge in [0.15, 0.2) is 10.3 Å². The van der Waals surface area contributed by atoms with E-state index < -0.39 is 10.3 Å². The van der Waals surface area contributed by atoms with Crippen molar-refractivity contribution in [2.45, 2.75) is 0 Å². The van der Waals surface area contributed by atoms with Crippen LogP contribution in [0.25, 0.3) is 0 Å². The van der Waals surface area contributed by atoms with E-state index in [1.54, 1.807) is 4.83 Å². The van der Waals surface area contributed by atoms with E-state index in [0.29, 0.717) is 0 Å². The number of hydrogen-bond donors (Lipinski definition) is 1. The summed E-state index contributed by atoms with van der Waals surface area (Å²) in [5, 5.41) is 6.51. The molecule has 0 atom stereocenters. The normalized spacial score (nSPS) is 10.3. The van der Waals surface area contributed by atoms with E-state index in [4.69, 9.17) is 0 Å². The first-order chi connectivity index (χ1) is 4.58. The summed E-state index contributed by atoms with van der Waals surface area (Å²) in [4.78, 5) is 1.57. The first-order valence-corrected chi connectivity index (χ1v) is 3.57. The van der Waals surface area contributed by atoms with Crippen molar-refractivity contribution in [1.29, 1.82) is 0 Å². The molecule has 0 unspecified atom stereocenters. The topological polar surface area (TPSA) is 99.9 Å². The van der Waals surface area contributed by atoms with E-state index in [1.807, 2.05) is 0 Å². The van der Waals surface area contributed by atoms with Crippen LogP contribution in [0.5, 0.6) is 0 Å².